The van der Waals surface area contributed by atoms with Crippen LogP contribution in [0, 0.1) is 11.3 Å². The lowest BCUT2D eigenvalue weighted by atomic mass is 10.1. The molecular weight excluding hydrogens is 277 g/mol. The van der Waals surface area contributed by atoms with Crippen molar-refractivity contribution in [1.29, 1.82) is 5.26 Å². The van der Waals surface area contributed by atoms with Gasteiger partial charge in [-0.25, -0.2) is 0 Å². The van der Waals surface area contributed by atoms with Crippen molar-refractivity contribution >= 4 is 36.2 Å². The highest BCUT2D eigenvalue weighted by atomic mass is 35.5. The van der Waals surface area contributed by atoms with E-state index < -0.39 is 0 Å². The third kappa shape index (κ3) is 4.46. The smallest absolute Gasteiger partial charge is 0.0641 e. The van der Waals surface area contributed by atoms with Gasteiger partial charge in [0.25, 0.3) is 0 Å². The summed E-state index contributed by atoms with van der Waals surface area (Å²) in [5, 5.41) is 16.5. The molecular formula is C11H17Cl2N3S. The molecule has 3 nitrogen and oxygen atoms in total. The van der Waals surface area contributed by atoms with Crippen LogP contribution in [-0.2, 0) is 0 Å². The number of hydrogen-bond donors (Lipinski definition) is 1. The maximum absolute atomic E-state index is 8.88. The highest BCUT2D eigenvalue weighted by Gasteiger charge is 2.21. The average molecular weight is 294 g/mol. The monoisotopic (exact) mass is 293 g/mol. The Balaban J connectivity index is 0.00000128. The lowest BCUT2D eigenvalue weighted by molar-refractivity contribution is 0.176. The number of nitrogens with one attached hydrogen (secondary N) is 1. The van der Waals surface area contributed by atoms with Crippen molar-refractivity contribution in [2.45, 2.75) is 12.5 Å². The van der Waals surface area contributed by atoms with E-state index in [-0.39, 0.29) is 24.8 Å². The highest BCUT2D eigenvalue weighted by molar-refractivity contribution is 7.07. The standard InChI is InChI=1S/C11H15N3S.2ClH/c12-3-1-11(10-2-8-15-9-10)14-6-4-13-5-7-14;;/h2,8-9,11,13H,1,4-7H2;2*1H/t11-;;/m1../s1. The number of nitriles is 1. The SMILES string of the molecule is Cl.Cl.N#CC[C@H](c1ccsc1)N1CCNCC1. The van der Waals surface area contributed by atoms with E-state index in [1.54, 1.807) is 11.3 Å². The van der Waals surface area contributed by atoms with Crippen molar-refractivity contribution in [2.24, 2.45) is 0 Å². The van der Waals surface area contributed by atoms with Gasteiger partial charge in [0.2, 0.25) is 0 Å². The molecule has 1 fully saturated rings. The molecule has 1 aromatic heterocycles. The second-order valence-electron chi connectivity index (χ2n) is 3.72. The van der Waals surface area contributed by atoms with Gasteiger partial charge >= 0.3 is 0 Å². The molecule has 2 rings (SSSR count). The van der Waals surface area contributed by atoms with E-state index >= 15 is 0 Å². The Kier molecular flexibility index (Phi) is 8.57. The summed E-state index contributed by atoms with van der Waals surface area (Å²) in [4.78, 5) is 2.40. The van der Waals surface area contributed by atoms with Gasteiger partial charge in [-0.3, -0.25) is 4.90 Å². The van der Waals surface area contributed by atoms with Crippen LogP contribution < -0.4 is 5.32 Å². The number of piperazine rings is 1. The summed E-state index contributed by atoms with van der Waals surface area (Å²) >= 11 is 1.71. The van der Waals surface area contributed by atoms with E-state index in [4.69, 9.17) is 5.26 Å². The summed E-state index contributed by atoms with van der Waals surface area (Å²) in [7, 11) is 0. The van der Waals surface area contributed by atoms with Crippen molar-refractivity contribution in [3.63, 3.8) is 0 Å². The quantitative estimate of drug-likeness (QED) is 0.930. The van der Waals surface area contributed by atoms with Gasteiger partial charge in [-0.15, -0.1) is 24.8 Å². The fraction of sp³-hybridized carbons (Fsp3) is 0.545. The Morgan fingerprint density at radius 2 is 2.12 bits per heavy atom. The normalized spacial score (nSPS) is 17.4. The highest BCUT2D eigenvalue weighted by Crippen LogP contribution is 2.25. The molecule has 0 bridgehead atoms. The zero-order valence-electron chi connectivity index (χ0n) is 9.46. The molecule has 0 unspecified atom stereocenters. The molecule has 96 valence electrons. The maximum Gasteiger partial charge on any atom is 0.0641 e. The van der Waals surface area contributed by atoms with Crippen LogP contribution in [0.1, 0.15) is 18.0 Å². The van der Waals surface area contributed by atoms with Crippen LogP contribution in [0.2, 0.25) is 0 Å². The summed E-state index contributed by atoms with van der Waals surface area (Å²) in [5.41, 5.74) is 1.29. The Bertz CT molecular complexity index is 331. The number of nitrogens with zero attached hydrogens (tertiary/aromatic N) is 2. The second kappa shape index (κ2) is 8.73. The summed E-state index contributed by atoms with van der Waals surface area (Å²) in [6.45, 7) is 4.16. The van der Waals surface area contributed by atoms with Gasteiger partial charge in [0.1, 0.15) is 0 Å². The van der Waals surface area contributed by atoms with E-state index in [0.29, 0.717) is 12.5 Å². The lowest BCUT2D eigenvalue weighted by Gasteiger charge is -2.33. The Labute approximate surface area is 119 Å². The molecule has 0 radical (unpaired) electrons. The Morgan fingerprint density at radius 3 is 2.65 bits per heavy atom. The summed E-state index contributed by atoms with van der Waals surface area (Å²) in [6.07, 6.45) is 0.594. The largest absolute Gasteiger partial charge is 0.314 e. The van der Waals surface area contributed by atoms with E-state index in [0.717, 1.165) is 26.2 Å². The summed E-state index contributed by atoms with van der Waals surface area (Å²) in [6, 6.07) is 4.72. The minimum Gasteiger partial charge on any atom is -0.314 e. The molecule has 1 N–H and O–H groups in total. The minimum absolute atomic E-state index is 0. The second-order valence-corrected chi connectivity index (χ2v) is 4.50. The first kappa shape index (κ1) is 16.7. The fourth-order valence-corrected chi connectivity index (χ4v) is 2.71. The van der Waals surface area contributed by atoms with Gasteiger partial charge in [0, 0.05) is 32.2 Å². The van der Waals surface area contributed by atoms with Crippen molar-refractivity contribution in [3.8, 4) is 6.07 Å². The average Bonchev–Trinajstić information content (AvgIpc) is 2.80. The number of rotatable bonds is 3. The Morgan fingerprint density at radius 1 is 1.41 bits per heavy atom. The summed E-state index contributed by atoms with van der Waals surface area (Å²) < 4.78 is 0. The zero-order chi connectivity index (χ0) is 10.5. The molecule has 0 spiro atoms. The minimum atomic E-state index is 0. The lowest BCUT2D eigenvalue weighted by Crippen LogP contribution is -2.45. The van der Waals surface area contributed by atoms with Crippen LogP contribution >= 0.6 is 36.2 Å². The van der Waals surface area contributed by atoms with E-state index in [9.17, 15) is 0 Å². The van der Waals surface area contributed by atoms with Crippen LogP contribution in [0.4, 0.5) is 0 Å². The van der Waals surface area contributed by atoms with Crippen molar-refractivity contribution in [2.75, 3.05) is 26.2 Å². The molecule has 6 heteroatoms. The molecule has 0 amide bonds. The molecule has 0 aliphatic carbocycles. The molecule has 0 saturated carbocycles. The first-order valence-corrected chi connectivity index (χ1v) is 6.20. The third-order valence-corrected chi connectivity index (χ3v) is 3.51. The third-order valence-electron chi connectivity index (χ3n) is 2.80. The van der Waals surface area contributed by atoms with Crippen molar-refractivity contribution in [1.82, 2.24) is 10.2 Å². The molecule has 1 aliphatic rings. The molecule has 1 atom stereocenters. The number of thiophene rings is 1. The topological polar surface area (TPSA) is 39.1 Å². The van der Waals surface area contributed by atoms with Crippen molar-refractivity contribution in [3.05, 3.63) is 22.4 Å². The number of hydrogen-bond acceptors (Lipinski definition) is 4. The molecule has 0 aromatic carbocycles. The summed E-state index contributed by atoms with van der Waals surface area (Å²) in [5.74, 6) is 0. The first-order chi connectivity index (χ1) is 7.42. The molecule has 1 aliphatic heterocycles. The van der Waals surface area contributed by atoms with E-state index in [1.165, 1.54) is 5.56 Å². The fourth-order valence-electron chi connectivity index (χ4n) is 2.00. The molecule has 17 heavy (non-hydrogen) atoms. The van der Waals surface area contributed by atoms with E-state index in [1.807, 2.05) is 0 Å². The Hall–Kier alpha value is -0.310. The van der Waals surface area contributed by atoms with Gasteiger partial charge in [-0.05, 0) is 22.4 Å². The van der Waals surface area contributed by atoms with Crippen LogP contribution in [0.3, 0.4) is 0 Å². The van der Waals surface area contributed by atoms with Crippen LogP contribution in [-0.4, -0.2) is 31.1 Å². The molecule has 1 saturated heterocycles. The predicted octanol–water partition coefficient (Wildman–Crippen LogP) is 2.45. The molecule has 2 heterocycles. The van der Waals surface area contributed by atoms with Gasteiger partial charge < -0.3 is 5.32 Å². The van der Waals surface area contributed by atoms with Crippen LogP contribution in [0.25, 0.3) is 0 Å². The van der Waals surface area contributed by atoms with Crippen LogP contribution in [0.5, 0.6) is 0 Å². The van der Waals surface area contributed by atoms with Gasteiger partial charge in [-0.2, -0.15) is 16.6 Å². The van der Waals surface area contributed by atoms with Crippen molar-refractivity contribution < 1.29 is 0 Å². The zero-order valence-corrected chi connectivity index (χ0v) is 11.9. The van der Waals surface area contributed by atoms with Gasteiger partial charge in [0.15, 0.2) is 0 Å². The van der Waals surface area contributed by atoms with Gasteiger partial charge in [-0.1, -0.05) is 0 Å². The van der Waals surface area contributed by atoms with E-state index in [2.05, 4.69) is 33.1 Å². The number of halogens is 2. The molecule has 1 aromatic rings. The van der Waals surface area contributed by atoms with Gasteiger partial charge in [0.05, 0.1) is 12.5 Å². The maximum atomic E-state index is 8.88. The predicted molar refractivity (Wildman–Crippen MR) is 76.2 cm³/mol. The van der Waals surface area contributed by atoms with Crippen LogP contribution in [0.15, 0.2) is 16.8 Å². The first-order valence-electron chi connectivity index (χ1n) is 5.25.